The third-order valence-corrected chi connectivity index (χ3v) is 9.23. The molecule has 5 rings (SSSR count). The number of hydrogen-bond donors (Lipinski definition) is 1. The van der Waals surface area contributed by atoms with E-state index in [1.54, 1.807) is 25.1 Å². The Morgan fingerprint density at radius 2 is 1.69 bits per heavy atom. The molecule has 0 aromatic heterocycles. The predicted molar refractivity (Wildman–Crippen MR) is 116 cm³/mol. The van der Waals surface area contributed by atoms with Crippen LogP contribution in [0.5, 0.6) is 5.75 Å². The Hall–Kier alpha value is -2.38. The van der Waals surface area contributed by atoms with Crippen molar-refractivity contribution in [2.24, 2.45) is 17.8 Å². The molecule has 168 valence electrons. The van der Waals surface area contributed by atoms with Crippen LogP contribution in [0.2, 0.25) is 0 Å². The maximum atomic E-state index is 13.4. The second kappa shape index (κ2) is 6.58. The Balaban J connectivity index is 1.78. The van der Waals surface area contributed by atoms with Crippen LogP contribution in [0.3, 0.4) is 0 Å². The van der Waals surface area contributed by atoms with E-state index in [-0.39, 0.29) is 24.0 Å². The van der Waals surface area contributed by atoms with Crippen LogP contribution >= 0.6 is 23.2 Å². The first-order valence-electron chi connectivity index (χ1n) is 10.5. The molecule has 0 bridgehead atoms. The highest BCUT2D eigenvalue weighted by molar-refractivity contribution is 6.53. The fourth-order valence-electron chi connectivity index (χ4n) is 6.16. The third-order valence-electron chi connectivity index (χ3n) is 7.81. The normalized spacial score (nSPS) is 38.6. The summed E-state index contributed by atoms with van der Waals surface area (Å²) < 4.78 is 0. The number of para-hydroxylation sites is 1. The molecule has 7 nitrogen and oxygen atoms in total. The lowest BCUT2D eigenvalue weighted by atomic mass is 9.56. The number of carbonyl (C=O) groups excluding carboxylic acids is 4. The lowest BCUT2D eigenvalue weighted by Crippen LogP contribution is -2.60. The number of carbonyl (C=O) groups is 4. The number of likely N-dealkylation sites (tertiary alicyclic amines) is 2. The maximum Gasteiger partial charge on any atom is 0.253 e. The number of hydrogen-bond acceptors (Lipinski definition) is 5. The molecule has 0 unspecified atom stereocenters. The van der Waals surface area contributed by atoms with Crippen molar-refractivity contribution < 1.29 is 24.3 Å². The van der Waals surface area contributed by atoms with Crippen LogP contribution in [-0.2, 0) is 19.2 Å². The average molecular weight is 477 g/mol. The number of benzene rings is 1. The summed E-state index contributed by atoms with van der Waals surface area (Å²) in [4.78, 5) is 50.7. The minimum atomic E-state index is -1.88. The Kier molecular flexibility index (Phi) is 4.41. The van der Waals surface area contributed by atoms with E-state index in [4.69, 9.17) is 23.2 Å². The van der Waals surface area contributed by atoms with Crippen molar-refractivity contribution in [3.8, 4) is 5.75 Å². The summed E-state index contributed by atoms with van der Waals surface area (Å²) in [5.41, 5.74) is 1.63. The maximum absolute atomic E-state index is 13.4. The average Bonchev–Trinajstić information content (AvgIpc) is 3.06. The van der Waals surface area contributed by atoms with Crippen molar-refractivity contribution >= 4 is 46.8 Å². The van der Waals surface area contributed by atoms with E-state index in [9.17, 15) is 24.3 Å². The van der Waals surface area contributed by atoms with Crippen molar-refractivity contribution in [2.75, 3.05) is 14.1 Å². The number of halogens is 2. The minimum absolute atomic E-state index is 0.0408. The summed E-state index contributed by atoms with van der Waals surface area (Å²) in [7, 11) is 2.79. The highest BCUT2D eigenvalue weighted by Gasteiger charge is 2.76. The highest BCUT2D eigenvalue weighted by atomic mass is 35.5. The standard InChI is InChI=1S/C23H22Cl2N2O5/c1-10-5-4-6-13(17(10)28)16-11-7-8-12-15(19(30)26(2)18(12)29)14(11)9-22(24)20(31)27(3)21(32)23(16,22)25/h4-7,12,14-16,28H,8-9H2,1-3H3/t12-,14+,15-,16+,22+,23-/m0/s1. The highest BCUT2D eigenvalue weighted by Crippen LogP contribution is 2.65. The van der Waals surface area contributed by atoms with Gasteiger partial charge in [0.25, 0.3) is 11.8 Å². The summed E-state index contributed by atoms with van der Waals surface area (Å²) in [6.07, 6.45) is 2.11. The van der Waals surface area contributed by atoms with E-state index in [2.05, 4.69) is 0 Å². The number of allylic oxidation sites excluding steroid dienone is 2. The molecule has 6 atom stereocenters. The lowest BCUT2D eigenvalue weighted by molar-refractivity contribution is -0.140. The molecule has 4 aliphatic rings. The molecule has 3 fully saturated rings. The Bertz CT molecular complexity index is 1150. The van der Waals surface area contributed by atoms with Gasteiger partial charge in [0.15, 0.2) is 9.75 Å². The Morgan fingerprint density at radius 3 is 2.38 bits per heavy atom. The number of nitrogens with zero attached hydrogens (tertiary/aromatic N) is 2. The molecular weight excluding hydrogens is 455 g/mol. The number of phenols is 1. The van der Waals surface area contributed by atoms with Gasteiger partial charge in [-0.2, -0.15) is 0 Å². The van der Waals surface area contributed by atoms with Crippen molar-refractivity contribution in [1.82, 2.24) is 9.80 Å². The number of phenolic OH excluding ortho intramolecular Hbond substituents is 1. The van der Waals surface area contributed by atoms with Crippen LogP contribution < -0.4 is 0 Å². The van der Waals surface area contributed by atoms with Gasteiger partial charge in [-0.15, -0.1) is 23.2 Å². The molecule has 2 heterocycles. The summed E-state index contributed by atoms with van der Waals surface area (Å²) >= 11 is 14.0. The first-order chi connectivity index (χ1) is 15.0. The Morgan fingerprint density at radius 1 is 1.00 bits per heavy atom. The lowest BCUT2D eigenvalue weighted by Gasteiger charge is -2.50. The SMILES string of the molecule is Cc1cccc([C@H]2C3=CC[C@@H]4C(=O)N(C)C(=O)[C@@H]4[C@@H]3C[C@@]3(Cl)C(=O)N(C)C(=O)[C@@]23Cl)c1O. The Labute approximate surface area is 194 Å². The molecule has 2 aliphatic carbocycles. The van der Waals surface area contributed by atoms with E-state index in [0.29, 0.717) is 23.1 Å². The number of amides is 4. The van der Waals surface area contributed by atoms with Gasteiger partial charge in [0.05, 0.1) is 11.8 Å². The molecule has 0 spiro atoms. The number of aromatic hydroxyl groups is 1. The smallest absolute Gasteiger partial charge is 0.253 e. The van der Waals surface area contributed by atoms with E-state index in [0.717, 1.165) is 9.80 Å². The summed E-state index contributed by atoms with van der Waals surface area (Å²) in [5, 5.41) is 10.9. The molecular formula is C23H22Cl2N2O5. The first-order valence-corrected chi connectivity index (χ1v) is 11.2. The zero-order valence-electron chi connectivity index (χ0n) is 17.8. The van der Waals surface area contributed by atoms with E-state index < -0.39 is 45.2 Å². The van der Waals surface area contributed by atoms with Crippen molar-refractivity contribution in [2.45, 2.75) is 35.4 Å². The fourth-order valence-corrected chi connectivity index (χ4v) is 7.17. The molecule has 1 N–H and O–H groups in total. The molecule has 1 aromatic carbocycles. The first kappa shape index (κ1) is 21.5. The molecule has 1 saturated carbocycles. The van der Waals surface area contributed by atoms with Gasteiger partial charge in [0.1, 0.15) is 5.75 Å². The fraction of sp³-hybridized carbons (Fsp3) is 0.478. The topological polar surface area (TPSA) is 95.0 Å². The van der Waals surface area contributed by atoms with E-state index >= 15 is 0 Å². The van der Waals surface area contributed by atoms with Crippen LogP contribution in [0.4, 0.5) is 0 Å². The third kappa shape index (κ3) is 2.28. The van der Waals surface area contributed by atoms with Crippen molar-refractivity contribution in [3.63, 3.8) is 0 Å². The monoisotopic (exact) mass is 476 g/mol. The molecule has 4 amide bonds. The number of aryl methyl sites for hydroxylation is 1. The quantitative estimate of drug-likeness (QED) is 0.381. The van der Waals surface area contributed by atoms with Crippen LogP contribution in [0.1, 0.15) is 29.9 Å². The van der Waals surface area contributed by atoms with Gasteiger partial charge in [0.2, 0.25) is 11.8 Å². The van der Waals surface area contributed by atoms with Gasteiger partial charge in [-0.1, -0.05) is 29.8 Å². The largest absolute Gasteiger partial charge is 0.507 e. The number of imide groups is 2. The van der Waals surface area contributed by atoms with Crippen molar-refractivity contribution in [1.29, 1.82) is 0 Å². The summed E-state index contributed by atoms with van der Waals surface area (Å²) in [6.45, 7) is 1.72. The van der Waals surface area contributed by atoms with Gasteiger partial charge in [-0.05, 0) is 31.2 Å². The molecule has 9 heteroatoms. The second-order valence-corrected chi connectivity index (χ2v) is 10.5. The minimum Gasteiger partial charge on any atom is -0.507 e. The number of fused-ring (bicyclic) bond motifs is 4. The van der Waals surface area contributed by atoms with Gasteiger partial charge in [0, 0.05) is 25.6 Å². The molecule has 2 saturated heterocycles. The van der Waals surface area contributed by atoms with E-state index in [1.807, 2.05) is 6.08 Å². The van der Waals surface area contributed by atoms with Crippen LogP contribution in [-0.4, -0.2) is 62.4 Å². The zero-order chi connectivity index (χ0) is 23.3. The molecule has 1 aromatic rings. The molecule has 32 heavy (non-hydrogen) atoms. The van der Waals surface area contributed by atoms with Gasteiger partial charge < -0.3 is 5.11 Å². The second-order valence-electron chi connectivity index (χ2n) is 9.25. The van der Waals surface area contributed by atoms with Gasteiger partial charge >= 0.3 is 0 Å². The van der Waals surface area contributed by atoms with E-state index in [1.165, 1.54) is 14.1 Å². The number of alkyl halides is 2. The molecule has 0 radical (unpaired) electrons. The number of rotatable bonds is 1. The predicted octanol–water partition coefficient (Wildman–Crippen LogP) is 2.32. The summed E-state index contributed by atoms with van der Waals surface area (Å²) in [6, 6.07) is 5.12. The zero-order valence-corrected chi connectivity index (χ0v) is 19.3. The van der Waals surface area contributed by atoms with Gasteiger partial charge in [-0.3, -0.25) is 29.0 Å². The summed E-state index contributed by atoms with van der Waals surface area (Å²) in [5.74, 6) is -4.63. The molecule has 2 aliphatic heterocycles. The van der Waals surface area contributed by atoms with Crippen LogP contribution in [0.25, 0.3) is 0 Å². The van der Waals surface area contributed by atoms with Crippen molar-refractivity contribution in [3.05, 3.63) is 41.0 Å². The van der Waals surface area contributed by atoms with Crippen LogP contribution in [0.15, 0.2) is 29.8 Å². The van der Waals surface area contributed by atoms with Gasteiger partial charge in [-0.25, -0.2) is 0 Å². The van der Waals surface area contributed by atoms with Crippen LogP contribution in [0, 0.1) is 24.7 Å².